The molecule has 512 valence electrons. The number of hydrogen-bond acceptors (Lipinski definition) is 16. The van der Waals surface area contributed by atoms with Gasteiger partial charge in [0.15, 0.2) is 0 Å². The lowest BCUT2D eigenvalue weighted by molar-refractivity contribution is -0.136. The lowest BCUT2D eigenvalue weighted by Crippen LogP contribution is -2.17. The Hall–Kier alpha value is -11.0. The van der Waals surface area contributed by atoms with Crippen LogP contribution in [-0.4, -0.2) is 115 Å². The van der Waals surface area contributed by atoms with Crippen LogP contribution in [0.25, 0.3) is 24.3 Å². The molecule has 0 saturated carbocycles. The molecule has 0 saturated heterocycles. The quantitative estimate of drug-likeness (QED) is 0.0187. The molecule has 21 nitrogen and oxygen atoms in total. The summed E-state index contributed by atoms with van der Waals surface area (Å²) < 4.78 is 0. The van der Waals surface area contributed by atoms with Crippen molar-refractivity contribution in [2.75, 3.05) is 13.2 Å². The summed E-state index contributed by atoms with van der Waals surface area (Å²) in [6.07, 6.45) is 23.2. The molecule has 0 aliphatic rings. The van der Waals surface area contributed by atoms with Crippen LogP contribution in [0.5, 0.6) is 23.0 Å². The predicted octanol–water partition coefficient (Wildman–Crippen LogP) is 13.7. The molecule has 0 bridgehead atoms. The Labute approximate surface area is 591 Å². The van der Waals surface area contributed by atoms with Gasteiger partial charge in [-0.3, -0.25) is 24.0 Å². The topological polar surface area (TPSA) is 345 Å². The highest BCUT2D eigenvalue weighted by Crippen LogP contribution is 2.27. The summed E-state index contributed by atoms with van der Waals surface area (Å²) in [6, 6.07) is 46.6. The second kappa shape index (κ2) is 43.2. The van der Waals surface area contributed by atoms with Gasteiger partial charge in [0, 0.05) is 35.3 Å². The molecular formula is C74H70Cl4N8O13. The standard InChI is InChI=1S/C20H21ClN2O3.C19H17ClN2O4.C18H17ClN2O3.C17H15ClN2O3/c1-2-17(24)5-3-4-14-6-8-15(9-7-14)13-22-23-20(26)16-10-11-19(25)18(21)12-16;20-16-11-15(9-10-17(16)23)19(26)22-21-12-14-7-5-13(6-8-14)3-1-2-4-18(24)25;19-16-11-15(8-9-17(16)23)18(24)21-20-12-14-6-4-13(5-7-14)3-1-2-10-22;18-15-10-14(7-8-16(15)22)17(23)20-19-11-13-5-3-12(4-6-13)2-1-9-21/h3-4,6-13,17,24-25H,2,5H2,1H3,(H,23,26);1,3,5-12,23H,2,4H2,(H,22,26)(H,24,25);1,3-9,11-12,22-23H,2,10H2,(H,21,24);1-8,10-11,21-22H,9H2,(H,20,23)/b4-3+,22-13+;3-1+,21-12+;3-1+,20-12+;2-1+,19-11+. The van der Waals surface area contributed by atoms with Crippen LogP contribution >= 0.6 is 46.4 Å². The Bertz CT molecular complexity index is 4220. The van der Waals surface area contributed by atoms with Crippen molar-refractivity contribution in [3.63, 3.8) is 0 Å². The maximum absolute atomic E-state index is 12.0. The summed E-state index contributed by atoms with van der Waals surface area (Å²) in [6.45, 7) is 2.07. The average Bonchev–Trinajstić information content (AvgIpc) is 0.993. The number of carboxylic acid groups (broad SMARTS) is 1. The Morgan fingerprint density at radius 2 is 0.657 bits per heavy atom. The number of hydrazone groups is 4. The van der Waals surface area contributed by atoms with Gasteiger partial charge in [-0.15, -0.1) is 0 Å². The third-order valence-electron chi connectivity index (χ3n) is 13.2. The molecule has 1 unspecified atom stereocenters. The molecule has 1 atom stereocenters. The number of carbonyl (C=O) groups is 5. The Kier molecular flexibility index (Phi) is 34.4. The van der Waals surface area contributed by atoms with E-state index < -0.39 is 29.6 Å². The van der Waals surface area contributed by atoms with Crippen molar-refractivity contribution in [2.24, 2.45) is 20.4 Å². The number of hydrogen-bond donors (Lipinski definition) is 12. The van der Waals surface area contributed by atoms with Crippen molar-refractivity contribution in [3.05, 3.63) is 281 Å². The molecule has 4 amide bonds. The lowest BCUT2D eigenvalue weighted by Gasteiger charge is -2.02. The molecule has 0 aliphatic carbocycles. The van der Waals surface area contributed by atoms with Crippen LogP contribution in [-0.2, 0) is 4.79 Å². The van der Waals surface area contributed by atoms with E-state index in [0.29, 0.717) is 36.0 Å². The number of carbonyl (C=O) groups excluding carboxylic acids is 4. The highest BCUT2D eigenvalue weighted by Gasteiger charge is 2.11. The van der Waals surface area contributed by atoms with Crippen molar-refractivity contribution < 1.29 is 64.8 Å². The van der Waals surface area contributed by atoms with E-state index in [1.807, 2.05) is 134 Å². The van der Waals surface area contributed by atoms with Gasteiger partial charge in [-0.25, -0.2) is 21.7 Å². The molecule has 12 N–H and O–H groups in total. The van der Waals surface area contributed by atoms with E-state index in [1.165, 1.54) is 97.7 Å². The molecule has 8 rings (SSSR count). The number of halogens is 4. The zero-order valence-corrected chi connectivity index (χ0v) is 56.1. The Morgan fingerprint density at radius 3 is 0.909 bits per heavy atom. The van der Waals surface area contributed by atoms with E-state index in [1.54, 1.807) is 18.2 Å². The van der Waals surface area contributed by atoms with E-state index in [-0.39, 0.29) is 74.4 Å². The van der Waals surface area contributed by atoms with Crippen LogP contribution in [0.4, 0.5) is 0 Å². The first-order valence-electron chi connectivity index (χ1n) is 30.1. The number of aliphatic hydroxyl groups is 3. The molecule has 0 heterocycles. The van der Waals surface area contributed by atoms with Crippen LogP contribution in [0, 0.1) is 0 Å². The minimum absolute atomic E-state index is 0.00345. The van der Waals surface area contributed by atoms with E-state index in [9.17, 15) is 49.5 Å². The van der Waals surface area contributed by atoms with Gasteiger partial charge < -0.3 is 40.9 Å². The fraction of sp³-hybridized carbons (Fsp3) is 0.122. The summed E-state index contributed by atoms with van der Waals surface area (Å²) in [4.78, 5) is 58.1. The van der Waals surface area contributed by atoms with E-state index in [4.69, 9.17) is 61.7 Å². The number of aliphatic carboxylic acids is 1. The third-order valence-corrected chi connectivity index (χ3v) is 14.4. The van der Waals surface area contributed by atoms with E-state index >= 15 is 0 Å². The molecule has 0 radical (unpaired) electrons. The monoisotopic (exact) mass is 1420 g/mol. The van der Waals surface area contributed by atoms with Crippen molar-refractivity contribution >= 4 is 125 Å². The summed E-state index contributed by atoms with van der Waals surface area (Å²) in [7, 11) is 0. The first-order valence-corrected chi connectivity index (χ1v) is 31.6. The number of aromatic hydroxyl groups is 4. The van der Waals surface area contributed by atoms with Gasteiger partial charge in [-0.05, 0) is 143 Å². The van der Waals surface area contributed by atoms with Gasteiger partial charge in [-0.2, -0.15) is 20.4 Å². The molecule has 99 heavy (non-hydrogen) atoms. The number of phenols is 4. The summed E-state index contributed by atoms with van der Waals surface area (Å²) in [5.41, 5.74) is 18.0. The number of nitrogens with zero attached hydrogens (tertiary/aromatic N) is 4. The number of carboxylic acids is 1. The molecule has 8 aromatic rings. The van der Waals surface area contributed by atoms with Gasteiger partial charge in [0.1, 0.15) is 23.0 Å². The van der Waals surface area contributed by atoms with Gasteiger partial charge >= 0.3 is 5.97 Å². The molecule has 0 spiro atoms. The molecule has 0 aliphatic heterocycles. The normalized spacial score (nSPS) is 11.6. The minimum Gasteiger partial charge on any atom is -0.506 e. The average molecular weight is 1420 g/mol. The van der Waals surface area contributed by atoms with Crippen LogP contribution < -0.4 is 21.7 Å². The lowest BCUT2D eigenvalue weighted by atomic mass is 10.1. The maximum Gasteiger partial charge on any atom is 0.303 e. The highest BCUT2D eigenvalue weighted by molar-refractivity contribution is 6.33. The number of phenolic OH excluding ortho intramolecular Hbond substituents is 4. The fourth-order valence-electron chi connectivity index (χ4n) is 7.72. The van der Waals surface area contributed by atoms with Gasteiger partial charge in [0.2, 0.25) is 0 Å². The zero-order valence-electron chi connectivity index (χ0n) is 53.0. The molecule has 8 aromatic carbocycles. The number of rotatable bonds is 25. The van der Waals surface area contributed by atoms with Crippen molar-refractivity contribution in [1.29, 1.82) is 0 Å². The maximum atomic E-state index is 12.0. The first-order chi connectivity index (χ1) is 47.6. The van der Waals surface area contributed by atoms with E-state index in [0.717, 1.165) is 50.9 Å². The second-order valence-corrected chi connectivity index (χ2v) is 22.3. The smallest absolute Gasteiger partial charge is 0.303 e. The van der Waals surface area contributed by atoms with Gasteiger partial charge in [0.05, 0.1) is 57.7 Å². The van der Waals surface area contributed by atoms with Crippen LogP contribution in [0.15, 0.2) is 215 Å². The van der Waals surface area contributed by atoms with Gasteiger partial charge in [-0.1, -0.05) is 199 Å². The largest absolute Gasteiger partial charge is 0.506 e. The number of benzene rings is 8. The van der Waals surface area contributed by atoms with Crippen molar-refractivity contribution in [3.8, 4) is 23.0 Å². The summed E-state index contributed by atoms with van der Waals surface area (Å²) in [5.74, 6) is -2.86. The first kappa shape index (κ1) is 78.7. The number of nitrogens with one attached hydrogen (secondary N) is 4. The number of amides is 4. The van der Waals surface area contributed by atoms with Gasteiger partial charge in [0.25, 0.3) is 23.6 Å². The van der Waals surface area contributed by atoms with Crippen molar-refractivity contribution in [2.45, 2.75) is 45.1 Å². The van der Waals surface area contributed by atoms with Crippen LogP contribution in [0.1, 0.15) is 125 Å². The molecule has 0 aromatic heterocycles. The van der Waals surface area contributed by atoms with Crippen LogP contribution in [0.3, 0.4) is 0 Å². The fourth-order valence-corrected chi connectivity index (χ4v) is 8.44. The SMILES string of the molecule is CCC(O)C/C=C/c1ccc(/C=N/NC(=O)c2ccc(O)c(Cl)c2)cc1.O=C(N/N=C/c1ccc(/C=C/CCO)cc1)c1ccc(O)c(Cl)c1.O=C(N/N=C/c1ccc(/C=C/CO)cc1)c1ccc(O)c(Cl)c1.O=C(O)CC/C=C/c1ccc(/C=N/NC(=O)c2ccc(O)c(Cl)c2)cc1. The van der Waals surface area contributed by atoms with E-state index in [2.05, 4.69) is 42.1 Å². The number of aliphatic hydroxyl groups excluding tert-OH is 3. The highest BCUT2D eigenvalue weighted by atomic mass is 35.5. The summed E-state index contributed by atoms with van der Waals surface area (Å²) >= 11 is 23.0. The Balaban J connectivity index is 0.000000238. The third kappa shape index (κ3) is 29.9. The van der Waals surface area contributed by atoms with Crippen molar-refractivity contribution in [1.82, 2.24) is 21.7 Å². The summed E-state index contributed by atoms with van der Waals surface area (Å²) in [5, 5.41) is 88.8. The Morgan fingerprint density at radius 1 is 0.394 bits per heavy atom. The molecule has 25 heteroatoms. The number of allylic oxidation sites excluding steroid dienone is 1. The second-order valence-electron chi connectivity index (χ2n) is 20.7. The molecular weight excluding hydrogens is 1350 g/mol. The van der Waals surface area contributed by atoms with Crippen LogP contribution in [0.2, 0.25) is 20.1 Å². The molecule has 0 fully saturated rings. The minimum atomic E-state index is -0.821. The zero-order chi connectivity index (χ0) is 71.9. The predicted molar refractivity (Wildman–Crippen MR) is 391 cm³/mol.